The first-order chi connectivity index (χ1) is 7.64. The molecule has 0 saturated heterocycles. The van der Waals surface area contributed by atoms with Crippen LogP contribution in [0.4, 0.5) is 11.4 Å². The normalized spacial score (nSPS) is 20.9. The molecule has 2 nitrogen and oxygen atoms in total. The number of rotatable bonds is 1. The summed E-state index contributed by atoms with van der Waals surface area (Å²) in [6.07, 6.45) is 2.56. The Morgan fingerprint density at radius 1 is 1.38 bits per heavy atom. The van der Waals surface area contributed by atoms with E-state index in [2.05, 4.69) is 30.1 Å². The summed E-state index contributed by atoms with van der Waals surface area (Å²) in [4.78, 5) is 2.52. The summed E-state index contributed by atoms with van der Waals surface area (Å²) in [6.45, 7) is 5.55. The second kappa shape index (κ2) is 3.30. The predicted octanol–water partition coefficient (Wildman–Crippen LogP) is 3.51. The first-order valence-corrected chi connectivity index (χ1v) is 6.34. The highest BCUT2D eigenvalue weighted by atomic mass is 35.5. The molecule has 1 heterocycles. The van der Waals surface area contributed by atoms with Crippen molar-refractivity contribution in [3.63, 3.8) is 0 Å². The van der Waals surface area contributed by atoms with E-state index in [1.165, 1.54) is 24.2 Å². The van der Waals surface area contributed by atoms with E-state index in [1.807, 2.05) is 12.1 Å². The van der Waals surface area contributed by atoms with E-state index in [-0.39, 0.29) is 0 Å². The molecule has 1 aromatic carbocycles. The maximum absolute atomic E-state index is 6.35. The molecule has 0 atom stereocenters. The molecule has 0 amide bonds. The van der Waals surface area contributed by atoms with Crippen LogP contribution in [0.3, 0.4) is 0 Å². The lowest BCUT2D eigenvalue weighted by Gasteiger charge is -2.43. The van der Waals surface area contributed by atoms with E-state index in [4.69, 9.17) is 11.6 Å². The average Bonchev–Trinajstić information content (AvgIpc) is 2.99. The third kappa shape index (κ3) is 1.32. The Morgan fingerprint density at radius 3 is 2.75 bits per heavy atom. The molecule has 2 aliphatic rings. The number of halogens is 1. The van der Waals surface area contributed by atoms with Gasteiger partial charge in [0.15, 0.2) is 0 Å². The van der Waals surface area contributed by atoms with Crippen LogP contribution < -0.4 is 10.2 Å². The lowest BCUT2D eigenvalue weighted by molar-refractivity contribution is 0.538. The van der Waals surface area contributed by atoms with Crippen molar-refractivity contribution in [1.29, 1.82) is 0 Å². The number of benzene rings is 1. The van der Waals surface area contributed by atoms with Gasteiger partial charge in [-0.15, -0.1) is 0 Å². The van der Waals surface area contributed by atoms with Crippen molar-refractivity contribution in [2.75, 3.05) is 16.8 Å². The van der Waals surface area contributed by atoms with Crippen molar-refractivity contribution < 1.29 is 0 Å². The Morgan fingerprint density at radius 2 is 2.12 bits per heavy atom. The Hall–Kier alpha value is -0.890. The van der Waals surface area contributed by atoms with Gasteiger partial charge in [0.2, 0.25) is 0 Å². The molecule has 1 spiro atoms. The van der Waals surface area contributed by atoms with Crippen LogP contribution in [-0.4, -0.2) is 18.1 Å². The number of para-hydroxylation sites is 1. The SMILES string of the molecule is CC(C)N1c2c(Cl)cccc2NCC12CC2. The third-order valence-electron chi connectivity index (χ3n) is 3.69. The maximum atomic E-state index is 6.35. The molecule has 3 rings (SSSR count). The molecule has 0 bridgehead atoms. The van der Waals surface area contributed by atoms with E-state index >= 15 is 0 Å². The minimum absolute atomic E-state index is 0.339. The fraction of sp³-hybridized carbons (Fsp3) is 0.538. The van der Waals surface area contributed by atoms with Crippen LogP contribution in [0.25, 0.3) is 0 Å². The minimum Gasteiger partial charge on any atom is -0.381 e. The second-order valence-electron chi connectivity index (χ2n) is 5.18. The first kappa shape index (κ1) is 10.3. The zero-order valence-electron chi connectivity index (χ0n) is 9.76. The van der Waals surface area contributed by atoms with E-state index in [9.17, 15) is 0 Å². The van der Waals surface area contributed by atoms with Crippen molar-refractivity contribution >= 4 is 23.0 Å². The Labute approximate surface area is 102 Å². The maximum Gasteiger partial charge on any atom is 0.0798 e. The summed E-state index contributed by atoms with van der Waals surface area (Å²) in [6, 6.07) is 6.62. The topological polar surface area (TPSA) is 15.3 Å². The monoisotopic (exact) mass is 236 g/mol. The van der Waals surface area contributed by atoms with Gasteiger partial charge in [0.1, 0.15) is 0 Å². The Kier molecular flexibility index (Phi) is 2.12. The fourth-order valence-electron chi connectivity index (χ4n) is 2.85. The molecular formula is C13H17ClN2. The largest absolute Gasteiger partial charge is 0.381 e. The molecule has 0 radical (unpaired) electrons. The van der Waals surface area contributed by atoms with Crippen LogP contribution in [0.15, 0.2) is 18.2 Å². The van der Waals surface area contributed by atoms with Gasteiger partial charge in [0.05, 0.1) is 21.9 Å². The molecule has 1 N–H and O–H groups in total. The summed E-state index contributed by atoms with van der Waals surface area (Å²) in [7, 11) is 0. The smallest absolute Gasteiger partial charge is 0.0798 e. The Bertz CT molecular complexity index is 424. The molecule has 16 heavy (non-hydrogen) atoms. The van der Waals surface area contributed by atoms with Crippen molar-refractivity contribution in [1.82, 2.24) is 0 Å². The summed E-state index contributed by atoms with van der Waals surface area (Å²) < 4.78 is 0. The highest BCUT2D eigenvalue weighted by molar-refractivity contribution is 6.34. The van der Waals surface area contributed by atoms with Crippen molar-refractivity contribution in [2.24, 2.45) is 0 Å². The number of nitrogens with one attached hydrogen (secondary N) is 1. The number of anilines is 2. The number of fused-ring (bicyclic) bond motifs is 1. The molecule has 0 aromatic heterocycles. The van der Waals surface area contributed by atoms with Gasteiger partial charge >= 0.3 is 0 Å². The molecule has 1 aliphatic carbocycles. The summed E-state index contributed by atoms with van der Waals surface area (Å²) in [5, 5.41) is 4.38. The van der Waals surface area contributed by atoms with E-state index < -0.39 is 0 Å². The molecule has 1 aromatic rings. The molecule has 0 unspecified atom stereocenters. The van der Waals surface area contributed by atoms with Gasteiger partial charge in [0, 0.05) is 12.6 Å². The summed E-state index contributed by atoms with van der Waals surface area (Å²) >= 11 is 6.35. The molecule has 86 valence electrons. The minimum atomic E-state index is 0.339. The van der Waals surface area contributed by atoms with E-state index in [0.29, 0.717) is 11.6 Å². The molecule has 1 saturated carbocycles. The van der Waals surface area contributed by atoms with Gasteiger partial charge in [-0.2, -0.15) is 0 Å². The van der Waals surface area contributed by atoms with E-state index in [1.54, 1.807) is 0 Å². The first-order valence-electron chi connectivity index (χ1n) is 5.96. The lowest BCUT2D eigenvalue weighted by Crippen LogP contribution is -2.50. The zero-order valence-corrected chi connectivity index (χ0v) is 10.5. The Balaban J connectivity index is 2.14. The van der Waals surface area contributed by atoms with Crippen LogP contribution in [0, 0.1) is 0 Å². The van der Waals surface area contributed by atoms with Crippen LogP contribution in [-0.2, 0) is 0 Å². The lowest BCUT2D eigenvalue weighted by atomic mass is 10.0. The summed E-state index contributed by atoms with van der Waals surface area (Å²) in [5.74, 6) is 0. The van der Waals surface area contributed by atoms with Crippen LogP contribution in [0.2, 0.25) is 5.02 Å². The highest BCUT2D eigenvalue weighted by Crippen LogP contribution is 2.52. The standard InChI is InChI=1S/C13H17ClN2/c1-9(2)16-12-10(14)4-3-5-11(12)15-8-13(16)6-7-13/h3-5,9,15H,6-8H2,1-2H3. The van der Waals surface area contributed by atoms with E-state index in [0.717, 1.165) is 11.6 Å². The molecule has 1 fully saturated rings. The van der Waals surface area contributed by atoms with Gasteiger partial charge in [-0.3, -0.25) is 0 Å². The van der Waals surface area contributed by atoms with Gasteiger partial charge in [0.25, 0.3) is 0 Å². The highest BCUT2D eigenvalue weighted by Gasteiger charge is 2.51. The zero-order chi connectivity index (χ0) is 11.3. The summed E-state index contributed by atoms with van der Waals surface area (Å²) in [5.41, 5.74) is 2.72. The second-order valence-corrected chi connectivity index (χ2v) is 5.58. The van der Waals surface area contributed by atoms with Gasteiger partial charge in [-0.25, -0.2) is 0 Å². The van der Waals surface area contributed by atoms with Crippen LogP contribution in [0.1, 0.15) is 26.7 Å². The molecule has 3 heteroatoms. The quantitative estimate of drug-likeness (QED) is 0.803. The number of hydrogen-bond donors (Lipinski definition) is 1. The number of nitrogens with zero attached hydrogens (tertiary/aromatic N) is 1. The molecular weight excluding hydrogens is 220 g/mol. The fourth-order valence-corrected chi connectivity index (χ4v) is 3.12. The third-order valence-corrected chi connectivity index (χ3v) is 4.00. The van der Waals surface area contributed by atoms with Gasteiger partial charge < -0.3 is 10.2 Å². The predicted molar refractivity (Wildman–Crippen MR) is 69.5 cm³/mol. The van der Waals surface area contributed by atoms with Gasteiger partial charge in [-0.05, 0) is 38.8 Å². The van der Waals surface area contributed by atoms with Crippen molar-refractivity contribution in [3.05, 3.63) is 23.2 Å². The van der Waals surface area contributed by atoms with Crippen molar-refractivity contribution in [2.45, 2.75) is 38.3 Å². The van der Waals surface area contributed by atoms with Crippen LogP contribution >= 0.6 is 11.6 Å². The van der Waals surface area contributed by atoms with Crippen molar-refractivity contribution in [3.8, 4) is 0 Å². The van der Waals surface area contributed by atoms with Crippen LogP contribution in [0.5, 0.6) is 0 Å². The average molecular weight is 237 g/mol. The van der Waals surface area contributed by atoms with Gasteiger partial charge in [-0.1, -0.05) is 17.7 Å². The number of hydrogen-bond acceptors (Lipinski definition) is 2. The molecule has 1 aliphatic heterocycles.